The Morgan fingerprint density at radius 2 is 2.30 bits per heavy atom. The van der Waals surface area contributed by atoms with Crippen molar-refractivity contribution in [2.24, 2.45) is 0 Å². The molecular weight excluding hydrogens is 304 g/mol. The third-order valence-corrected chi connectivity index (χ3v) is 5.36. The maximum Gasteiger partial charge on any atom is 0.269 e. The fourth-order valence-corrected chi connectivity index (χ4v) is 3.67. The van der Waals surface area contributed by atoms with E-state index < -0.39 is 10.0 Å². The molecule has 1 aliphatic rings. The lowest BCUT2D eigenvalue weighted by Crippen LogP contribution is -2.31. The molecule has 0 aromatic carbocycles. The van der Waals surface area contributed by atoms with E-state index in [1.165, 1.54) is 0 Å². The van der Waals surface area contributed by atoms with Crippen LogP contribution in [0.3, 0.4) is 0 Å². The van der Waals surface area contributed by atoms with Crippen LogP contribution in [0.5, 0.6) is 0 Å². The summed E-state index contributed by atoms with van der Waals surface area (Å²) in [4.78, 5) is 11.2. The van der Waals surface area contributed by atoms with Crippen molar-refractivity contribution in [3.8, 4) is 0 Å². The van der Waals surface area contributed by atoms with Crippen LogP contribution in [0.2, 0.25) is 0 Å². The highest BCUT2D eigenvalue weighted by molar-refractivity contribution is 7.91. The first-order valence-corrected chi connectivity index (χ1v) is 8.56. The molecule has 1 aliphatic heterocycles. The van der Waals surface area contributed by atoms with Crippen molar-refractivity contribution in [1.29, 1.82) is 0 Å². The van der Waals surface area contributed by atoms with E-state index in [0.717, 1.165) is 24.2 Å². The van der Waals surface area contributed by atoms with Gasteiger partial charge in [-0.15, -0.1) is 10.2 Å². The number of carbonyl (C=O) groups excluding carboxylic acids is 1. The normalized spacial score (nSPS) is 19.1. The molecule has 8 nitrogen and oxygen atoms in total. The molecule has 0 unspecified atom stereocenters. The molecule has 20 heavy (non-hydrogen) atoms. The number of amides is 1. The van der Waals surface area contributed by atoms with Gasteiger partial charge in [0.25, 0.3) is 10.0 Å². The predicted molar refractivity (Wildman–Crippen MR) is 73.0 cm³/mol. The summed E-state index contributed by atoms with van der Waals surface area (Å²) in [5, 5.41) is 9.86. The minimum Gasteiger partial charge on any atom is -0.377 e. The first-order valence-electron chi connectivity index (χ1n) is 6.26. The third kappa shape index (κ3) is 3.95. The van der Waals surface area contributed by atoms with Gasteiger partial charge in [0, 0.05) is 19.6 Å². The highest BCUT2D eigenvalue weighted by atomic mass is 32.2. The lowest BCUT2D eigenvalue weighted by Gasteiger charge is -2.09. The van der Waals surface area contributed by atoms with Crippen molar-refractivity contribution in [3.05, 3.63) is 0 Å². The predicted octanol–water partition coefficient (Wildman–Crippen LogP) is 0.344. The zero-order valence-electron chi connectivity index (χ0n) is 11.0. The molecule has 2 rings (SSSR count). The average Bonchev–Trinajstić information content (AvgIpc) is 3.07. The van der Waals surface area contributed by atoms with E-state index in [0.29, 0.717) is 13.0 Å². The SMILES string of the molecule is CCC(=O)Nc1nnc(S(=O)(=O)NC[C@@H]2CCCO2)s1. The Kier molecular flexibility index (Phi) is 5.02. The number of nitrogens with one attached hydrogen (secondary N) is 2. The van der Waals surface area contributed by atoms with Gasteiger partial charge in [-0.2, -0.15) is 0 Å². The molecule has 0 bridgehead atoms. The fraction of sp³-hybridized carbons (Fsp3) is 0.700. The lowest BCUT2D eigenvalue weighted by molar-refractivity contribution is -0.115. The summed E-state index contributed by atoms with van der Waals surface area (Å²) in [5.74, 6) is -0.239. The number of hydrogen-bond acceptors (Lipinski definition) is 7. The number of carbonyl (C=O) groups is 1. The van der Waals surface area contributed by atoms with Crippen LogP contribution in [0.25, 0.3) is 0 Å². The molecule has 1 aromatic heterocycles. The van der Waals surface area contributed by atoms with Gasteiger partial charge in [0.1, 0.15) is 0 Å². The highest BCUT2D eigenvalue weighted by Gasteiger charge is 2.23. The van der Waals surface area contributed by atoms with Crippen LogP contribution in [-0.4, -0.2) is 43.8 Å². The number of ether oxygens (including phenoxy) is 1. The molecule has 1 atom stereocenters. The molecule has 10 heteroatoms. The molecule has 0 aliphatic carbocycles. The van der Waals surface area contributed by atoms with Crippen LogP contribution in [-0.2, 0) is 19.6 Å². The molecule has 112 valence electrons. The fourth-order valence-electron chi connectivity index (χ4n) is 1.65. The Morgan fingerprint density at radius 1 is 1.50 bits per heavy atom. The van der Waals surface area contributed by atoms with Gasteiger partial charge in [0.15, 0.2) is 0 Å². The van der Waals surface area contributed by atoms with E-state index in [9.17, 15) is 13.2 Å². The van der Waals surface area contributed by atoms with Crippen LogP contribution in [0, 0.1) is 0 Å². The summed E-state index contributed by atoms with van der Waals surface area (Å²) in [6.45, 7) is 2.58. The first-order chi connectivity index (χ1) is 9.51. The smallest absolute Gasteiger partial charge is 0.269 e. The summed E-state index contributed by atoms with van der Waals surface area (Å²) in [7, 11) is -3.71. The van der Waals surface area contributed by atoms with Crippen molar-refractivity contribution >= 4 is 32.4 Å². The van der Waals surface area contributed by atoms with Gasteiger partial charge in [-0.1, -0.05) is 18.3 Å². The number of nitrogens with zero attached hydrogens (tertiary/aromatic N) is 2. The van der Waals surface area contributed by atoms with Crippen molar-refractivity contribution in [3.63, 3.8) is 0 Å². The summed E-state index contributed by atoms with van der Waals surface area (Å²) >= 11 is 0.821. The maximum absolute atomic E-state index is 12.0. The molecule has 1 amide bonds. The molecule has 1 fully saturated rings. The van der Waals surface area contributed by atoms with Crippen molar-refractivity contribution in [2.75, 3.05) is 18.5 Å². The number of hydrogen-bond donors (Lipinski definition) is 2. The standard InChI is InChI=1S/C10H16N4O4S2/c1-2-8(15)12-9-13-14-10(19-9)20(16,17)11-6-7-4-3-5-18-7/h7,11H,2-6H2,1H3,(H,12,13,15)/t7-/m0/s1. The van der Waals surface area contributed by atoms with Gasteiger partial charge in [-0.05, 0) is 12.8 Å². The van der Waals surface area contributed by atoms with E-state index in [-0.39, 0.29) is 28.0 Å². The number of rotatable bonds is 6. The average molecular weight is 320 g/mol. The van der Waals surface area contributed by atoms with Crippen LogP contribution >= 0.6 is 11.3 Å². The number of anilines is 1. The summed E-state index contributed by atoms with van der Waals surface area (Å²) in [6, 6.07) is 0. The van der Waals surface area contributed by atoms with Crippen LogP contribution in [0.4, 0.5) is 5.13 Å². The lowest BCUT2D eigenvalue weighted by atomic mass is 10.2. The highest BCUT2D eigenvalue weighted by Crippen LogP contribution is 2.20. The summed E-state index contributed by atoms with van der Waals surface area (Å²) < 4.78 is 31.6. The molecule has 2 heterocycles. The van der Waals surface area contributed by atoms with Gasteiger partial charge >= 0.3 is 0 Å². The molecular formula is C10H16N4O4S2. The monoisotopic (exact) mass is 320 g/mol. The Morgan fingerprint density at radius 3 is 2.95 bits per heavy atom. The van der Waals surface area contributed by atoms with E-state index in [1.54, 1.807) is 6.92 Å². The quantitative estimate of drug-likeness (QED) is 0.732. The second-order valence-corrected chi connectivity index (χ2v) is 7.18. The molecule has 0 spiro atoms. The molecule has 0 radical (unpaired) electrons. The van der Waals surface area contributed by atoms with Crippen molar-refractivity contribution in [2.45, 2.75) is 36.6 Å². The first kappa shape index (κ1) is 15.3. The van der Waals surface area contributed by atoms with Crippen LogP contribution < -0.4 is 10.0 Å². The van der Waals surface area contributed by atoms with E-state index >= 15 is 0 Å². The second-order valence-electron chi connectivity index (χ2n) is 4.26. The number of sulfonamides is 1. The van der Waals surface area contributed by atoms with E-state index in [2.05, 4.69) is 20.2 Å². The molecule has 1 aromatic rings. The Bertz CT molecular complexity index is 566. The Hall–Kier alpha value is -1.10. The van der Waals surface area contributed by atoms with E-state index in [4.69, 9.17) is 4.74 Å². The molecule has 0 saturated carbocycles. The van der Waals surface area contributed by atoms with Gasteiger partial charge in [-0.3, -0.25) is 4.79 Å². The van der Waals surface area contributed by atoms with Gasteiger partial charge in [0.05, 0.1) is 6.10 Å². The summed E-state index contributed by atoms with van der Waals surface area (Å²) in [5.41, 5.74) is 0. The molecule has 1 saturated heterocycles. The second kappa shape index (κ2) is 6.57. The van der Waals surface area contributed by atoms with Gasteiger partial charge in [0.2, 0.25) is 15.4 Å². The van der Waals surface area contributed by atoms with Gasteiger partial charge < -0.3 is 10.1 Å². The minimum atomic E-state index is -3.71. The zero-order valence-corrected chi connectivity index (χ0v) is 12.6. The largest absolute Gasteiger partial charge is 0.377 e. The third-order valence-electron chi connectivity index (χ3n) is 2.73. The van der Waals surface area contributed by atoms with Crippen LogP contribution in [0.1, 0.15) is 26.2 Å². The van der Waals surface area contributed by atoms with Crippen molar-refractivity contribution < 1.29 is 17.9 Å². The van der Waals surface area contributed by atoms with Crippen LogP contribution in [0.15, 0.2) is 4.34 Å². The maximum atomic E-state index is 12.0. The number of aromatic nitrogens is 2. The van der Waals surface area contributed by atoms with E-state index in [1.807, 2.05) is 0 Å². The molecule has 2 N–H and O–H groups in total. The zero-order chi connectivity index (χ0) is 14.6. The summed E-state index contributed by atoms with van der Waals surface area (Å²) in [6.07, 6.45) is 1.99. The minimum absolute atomic E-state index is 0.0861. The Labute approximate surface area is 121 Å². The topological polar surface area (TPSA) is 110 Å². The van der Waals surface area contributed by atoms with Gasteiger partial charge in [-0.25, -0.2) is 13.1 Å². The van der Waals surface area contributed by atoms with Crippen molar-refractivity contribution in [1.82, 2.24) is 14.9 Å². The Balaban J connectivity index is 1.96.